The third-order valence-corrected chi connectivity index (χ3v) is 3.91. The molecule has 0 saturated heterocycles. The lowest BCUT2D eigenvalue weighted by Gasteiger charge is -2.14. The quantitative estimate of drug-likeness (QED) is 0.688. The molecule has 1 aromatic rings. The molecule has 0 aliphatic heterocycles. The molecule has 1 unspecified atom stereocenters. The zero-order chi connectivity index (χ0) is 15.7. The minimum absolute atomic E-state index is 0.0699. The molecule has 1 rings (SSSR count). The van der Waals surface area contributed by atoms with E-state index < -0.39 is 11.9 Å². The molecule has 0 saturated carbocycles. The van der Waals surface area contributed by atoms with E-state index in [1.54, 1.807) is 11.8 Å². The standard InChI is InChI=1S/C16H23NO3S/c1-12-5-3-6-13(9-12)10-14(16(19)20)11-17-15(18)7-4-8-21-2/h3,5-6,9,14H,4,7-8,10-11H2,1-2H3,(H,17,18)(H,19,20). The van der Waals surface area contributed by atoms with Gasteiger partial charge in [-0.15, -0.1) is 0 Å². The van der Waals surface area contributed by atoms with Crippen molar-refractivity contribution in [2.24, 2.45) is 5.92 Å². The predicted molar refractivity (Wildman–Crippen MR) is 86.6 cm³/mol. The molecule has 2 N–H and O–H groups in total. The van der Waals surface area contributed by atoms with Crippen molar-refractivity contribution in [3.8, 4) is 0 Å². The van der Waals surface area contributed by atoms with Crippen molar-refractivity contribution < 1.29 is 14.7 Å². The Labute approximate surface area is 130 Å². The van der Waals surface area contributed by atoms with Crippen molar-refractivity contribution >= 4 is 23.6 Å². The smallest absolute Gasteiger partial charge is 0.308 e. The minimum Gasteiger partial charge on any atom is -0.481 e. The predicted octanol–water partition coefficient (Wildman–Crippen LogP) is 2.50. The second-order valence-electron chi connectivity index (χ2n) is 5.13. The van der Waals surface area contributed by atoms with Gasteiger partial charge in [0.1, 0.15) is 0 Å². The molecule has 0 spiro atoms. The molecule has 5 heteroatoms. The summed E-state index contributed by atoms with van der Waals surface area (Å²) in [7, 11) is 0. The van der Waals surface area contributed by atoms with Crippen molar-refractivity contribution in [2.45, 2.75) is 26.2 Å². The van der Waals surface area contributed by atoms with Crippen LogP contribution in [-0.4, -0.2) is 35.5 Å². The second kappa shape index (κ2) is 9.45. The van der Waals surface area contributed by atoms with E-state index in [0.29, 0.717) is 12.8 Å². The van der Waals surface area contributed by atoms with Crippen LogP contribution >= 0.6 is 11.8 Å². The van der Waals surface area contributed by atoms with Crippen LogP contribution in [-0.2, 0) is 16.0 Å². The van der Waals surface area contributed by atoms with E-state index in [4.69, 9.17) is 0 Å². The largest absolute Gasteiger partial charge is 0.481 e. The summed E-state index contributed by atoms with van der Waals surface area (Å²) < 4.78 is 0. The summed E-state index contributed by atoms with van der Waals surface area (Å²) in [6.07, 6.45) is 3.71. The lowest BCUT2D eigenvalue weighted by molar-refractivity contribution is -0.141. The molecule has 0 aliphatic rings. The van der Waals surface area contributed by atoms with Gasteiger partial charge in [-0.25, -0.2) is 0 Å². The summed E-state index contributed by atoms with van der Waals surface area (Å²) >= 11 is 1.70. The Balaban J connectivity index is 2.47. The number of thioether (sulfide) groups is 1. The number of rotatable bonds is 9. The van der Waals surface area contributed by atoms with E-state index in [1.807, 2.05) is 37.4 Å². The molecule has 1 aromatic carbocycles. The normalized spacial score (nSPS) is 11.9. The summed E-state index contributed by atoms with van der Waals surface area (Å²) in [4.78, 5) is 22.9. The third-order valence-electron chi connectivity index (χ3n) is 3.21. The zero-order valence-corrected chi connectivity index (χ0v) is 13.4. The molecule has 1 amide bonds. The SMILES string of the molecule is CSCCCC(=O)NCC(Cc1cccc(C)c1)C(=O)O. The molecule has 0 radical (unpaired) electrons. The van der Waals surface area contributed by atoms with Crippen LogP contribution in [0.25, 0.3) is 0 Å². The number of hydrogen-bond acceptors (Lipinski definition) is 3. The van der Waals surface area contributed by atoms with E-state index in [0.717, 1.165) is 23.3 Å². The summed E-state index contributed by atoms with van der Waals surface area (Å²) in [5.74, 6) is -0.587. The van der Waals surface area contributed by atoms with E-state index in [1.165, 1.54) is 0 Å². The minimum atomic E-state index is -0.874. The van der Waals surface area contributed by atoms with Crippen LogP contribution in [0, 0.1) is 12.8 Å². The maximum atomic E-state index is 11.6. The highest BCUT2D eigenvalue weighted by Gasteiger charge is 2.18. The maximum absolute atomic E-state index is 11.6. The Bertz CT molecular complexity index is 476. The Morgan fingerprint density at radius 3 is 2.76 bits per heavy atom. The topological polar surface area (TPSA) is 66.4 Å². The van der Waals surface area contributed by atoms with E-state index >= 15 is 0 Å². The fourth-order valence-electron chi connectivity index (χ4n) is 2.07. The van der Waals surface area contributed by atoms with Crippen LogP contribution in [0.15, 0.2) is 24.3 Å². The number of carboxylic acid groups (broad SMARTS) is 1. The molecular weight excluding hydrogens is 286 g/mol. The third kappa shape index (κ3) is 7.18. The first-order chi connectivity index (χ1) is 10.0. The first kappa shape index (κ1) is 17.6. The van der Waals surface area contributed by atoms with Gasteiger partial charge in [0.05, 0.1) is 5.92 Å². The van der Waals surface area contributed by atoms with Gasteiger partial charge in [0, 0.05) is 13.0 Å². The van der Waals surface area contributed by atoms with Gasteiger partial charge >= 0.3 is 5.97 Å². The first-order valence-corrected chi connectivity index (χ1v) is 8.46. The monoisotopic (exact) mass is 309 g/mol. The van der Waals surface area contributed by atoms with Gasteiger partial charge in [-0.3, -0.25) is 9.59 Å². The van der Waals surface area contributed by atoms with Crippen molar-refractivity contribution in [1.82, 2.24) is 5.32 Å². The average molecular weight is 309 g/mol. The molecule has 0 fully saturated rings. The molecular formula is C16H23NO3S. The van der Waals surface area contributed by atoms with Crippen LogP contribution < -0.4 is 5.32 Å². The van der Waals surface area contributed by atoms with Crippen molar-refractivity contribution in [1.29, 1.82) is 0 Å². The van der Waals surface area contributed by atoms with E-state index in [9.17, 15) is 14.7 Å². The van der Waals surface area contributed by atoms with Gasteiger partial charge in [0.25, 0.3) is 0 Å². The highest BCUT2D eigenvalue weighted by Crippen LogP contribution is 2.11. The van der Waals surface area contributed by atoms with Crippen LogP contribution in [0.3, 0.4) is 0 Å². The van der Waals surface area contributed by atoms with E-state index in [2.05, 4.69) is 5.32 Å². The van der Waals surface area contributed by atoms with Crippen molar-refractivity contribution in [2.75, 3.05) is 18.6 Å². The van der Waals surface area contributed by atoms with E-state index in [-0.39, 0.29) is 12.5 Å². The van der Waals surface area contributed by atoms with Gasteiger partial charge < -0.3 is 10.4 Å². The molecule has 1 atom stereocenters. The maximum Gasteiger partial charge on any atom is 0.308 e. The molecule has 4 nitrogen and oxygen atoms in total. The molecule has 21 heavy (non-hydrogen) atoms. The number of amides is 1. The number of aliphatic carboxylic acids is 1. The Morgan fingerprint density at radius 2 is 2.14 bits per heavy atom. The lowest BCUT2D eigenvalue weighted by Crippen LogP contribution is -2.34. The van der Waals surface area contributed by atoms with Gasteiger partial charge in [0.15, 0.2) is 0 Å². The molecule has 0 aromatic heterocycles. The number of nitrogens with one attached hydrogen (secondary N) is 1. The number of hydrogen-bond donors (Lipinski definition) is 2. The van der Waals surface area contributed by atoms with Crippen LogP contribution in [0.4, 0.5) is 0 Å². The fraction of sp³-hybridized carbons (Fsp3) is 0.500. The number of aryl methyl sites for hydroxylation is 1. The molecule has 0 heterocycles. The highest BCUT2D eigenvalue weighted by atomic mass is 32.2. The van der Waals surface area contributed by atoms with Gasteiger partial charge in [-0.1, -0.05) is 29.8 Å². The van der Waals surface area contributed by atoms with Crippen LogP contribution in [0.1, 0.15) is 24.0 Å². The van der Waals surface area contributed by atoms with Crippen LogP contribution in [0.2, 0.25) is 0 Å². The van der Waals surface area contributed by atoms with Gasteiger partial charge in [-0.05, 0) is 37.3 Å². The number of carbonyl (C=O) groups excluding carboxylic acids is 1. The number of benzene rings is 1. The molecule has 116 valence electrons. The average Bonchev–Trinajstić information content (AvgIpc) is 2.43. The lowest BCUT2D eigenvalue weighted by atomic mass is 9.98. The summed E-state index contributed by atoms with van der Waals surface area (Å²) in [5, 5.41) is 12.0. The first-order valence-electron chi connectivity index (χ1n) is 7.07. The molecule has 0 aliphatic carbocycles. The number of carbonyl (C=O) groups is 2. The van der Waals surface area contributed by atoms with Gasteiger partial charge in [-0.2, -0.15) is 11.8 Å². The fourth-order valence-corrected chi connectivity index (χ4v) is 2.51. The summed E-state index contributed by atoms with van der Waals surface area (Å²) in [6, 6.07) is 7.80. The second-order valence-corrected chi connectivity index (χ2v) is 6.11. The Morgan fingerprint density at radius 1 is 1.38 bits per heavy atom. The van der Waals surface area contributed by atoms with Crippen LogP contribution in [0.5, 0.6) is 0 Å². The molecule has 0 bridgehead atoms. The van der Waals surface area contributed by atoms with Crippen molar-refractivity contribution in [3.63, 3.8) is 0 Å². The summed E-state index contributed by atoms with van der Waals surface area (Å²) in [5.41, 5.74) is 2.09. The Kier molecular flexibility index (Phi) is 7.90. The summed E-state index contributed by atoms with van der Waals surface area (Å²) in [6.45, 7) is 2.16. The Hall–Kier alpha value is -1.49. The highest BCUT2D eigenvalue weighted by molar-refractivity contribution is 7.98. The zero-order valence-electron chi connectivity index (χ0n) is 12.6. The van der Waals surface area contributed by atoms with Crippen molar-refractivity contribution in [3.05, 3.63) is 35.4 Å². The van der Waals surface area contributed by atoms with Gasteiger partial charge in [0.2, 0.25) is 5.91 Å². The number of carboxylic acids is 1.